The molecule has 28 heavy (non-hydrogen) atoms. The van der Waals surface area contributed by atoms with Gasteiger partial charge in [0.1, 0.15) is 5.75 Å². The third-order valence-electron chi connectivity index (χ3n) is 4.68. The van der Waals surface area contributed by atoms with E-state index in [4.69, 9.17) is 9.47 Å². The highest BCUT2D eigenvalue weighted by molar-refractivity contribution is 8.00. The van der Waals surface area contributed by atoms with E-state index in [0.717, 1.165) is 12.8 Å². The van der Waals surface area contributed by atoms with Gasteiger partial charge in [-0.05, 0) is 25.0 Å². The first-order valence-electron chi connectivity index (χ1n) is 9.42. The zero-order valence-corrected chi connectivity index (χ0v) is 17.3. The molecule has 0 bridgehead atoms. The Bertz CT molecular complexity index is 676. The van der Waals surface area contributed by atoms with Gasteiger partial charge in [-0.1, -0.05) is 25.3 Å². The number of benzene rings is 1. The minimum Gasteiger partial charge on any atom is -0.497 e. The average molecular weight is 409 g/mol. The lowest BCUT2D eigenvalue weighted by Crippen LogP contribution is -2.39. The molecule has 0 radical (unpaired) electrons. The van der Waals surface area contributed by atoms with Crippen LogP contribution < -0.4 is 10.1 Å². The van der Waals surface area contributed by atoms with Crippen molar-refractivity contribution in [1.29, 1.82) is 0 Å². The summed E-state index contributed by atoms with van der Waals surface area (Å²) in [5.41, 5.74) is 0.561. The van der Waals surface area contributed by atoms with Crippen LogP contribution in [0.5, 0.6) is 5.75 Å². The Hall–Kier alpha value is -2.22. The van der Waals surface area contributed by atoms with Crippen LogP contribution in [0.25, 0.3) is 0 Å². The summed E-state index contributed by atoms with van der Waals surface area (Å²) < 4.78 is 10.0. The molecule has 0 atom stereocenters. The van der Waals surface area contributed by atoms with Crippen molar-refractivity contribution in [3.63, 3.8) is 0 Å². The molecule has 1 aliphatic rings. The van der Waals surface area contributed by atoms with E-state index in [0.29, 0.717) is 17.5 Å². The number of anilines is 1. The number of rotatable bonds is 9. The van der Waals surface area contributed by atoms with E-state index in [-0.39, 0.29) is 24.0 Å². The maximum atomic E-state index is 12.2. The smallest absolute Gasteiger partial charge is 0.316 e. The Kier molecular flexibility index (Phi) is 9.13. The number of carbonyl (C=O) groups excluding carboxylic acids is 3. The van der Waals surface area contributed by atoms with Crippen molar-refractivity contribution in [3.8, 4) is 5.75 Å². The molecule has 2 rings (SSSR count). The van der Waals surface area contributed by atoms with Gasteiger partial charge in [0.15, 0.2) is 6.61 Å². The molecular weight excluding hydrogens is 380 g/mol. The quantitative estimate of drug-likeness (QED) is 0.633. The van der Waals surface area contributed by atoms with Gasteiger partial charge >= 0.3 is 5.97 Å². The van der Waals surface area contributed by atoms with E-state index < -0.39 is 11.9 Å². The largest absolute Gasteiger partial charge is 0.497 e. The molecule has 8 heteroatoms. The predicted octanol–water partition coefficient (Wildman–Crippen LogP) is 2.70. The highest BCUT2D eigenvalue weighted by Gasteiger charge is 2.22. The van der Waals surface area contributed by atoms with Gasteiger partial charge in [-0.15, -0.1) is 11.8 Å². The molecule has 1 aromatic carbocycles. The van der Waals surface area contributed by atoms with Crippen LogP contribution in [0.4, 0.5) is 5.69 Å². The highest BCUT2D eigenvalue weighted by atomic mass is 32.2. The Labute approximate surface area is 170 Å². The lowest BCUT2D eigenvalue weighted by Gasteiger charge is -2.31. The molecular formula is C20H28N2O5S. The van der Waals surface area contributed by atoms with Gasteiger partial charge < -0.3 is 19.7 Å². The topological polar surface area (TPSA) is 84.9 Å². The Morgan fingerprint density at radius 3 is 2.64 bits per heavy atom. The number of carbonyl (C=O) groups is 3. The zero-order valence-electron chi connectivity index (χ0n) is 16.4. The molecule has 1 aliphatic carbocycles. The van der Waals surface area contributed by atoms with Crippen LogP contribution >= 0.6 is 11.8 Å². The SMILES string of the molecule is COc1cccc(NC(=O)COC(=O)CSCC(=O)N(C)C2CCCCC2)c1. The molecule has 0 aliphatic heterocycles. The lowest BCUT2D eigenvalue weighted by atomic mass is 9.94. The highest BCUT2D eigenvalue weighted by Crippen LogP contribution is 2.22. The molecule has 2 amide bonds. The van der Waals surface area contributed by atoms with Crippen molar-refractivity contribution < 1.29 is 23.9 Å². The Morgan fingerprint density at radius 2 is 1.93 bits per heavy atom. The Morgan fingerprint density at radius 1 is 1.18 bits per heavy atom. The molecule has 154 valence electrons. The number of nitrogens with one attached hydrogen (secondary N) is 1. The summed E-state index contributed by atoms with van der Waals surface area (Å²) in [5.74, 6) is -0.0254. The van der Waals surface area contributed by atoms with Gasteiger partial charge in [-0.25, -0.2) is 0 Å². The summed E-state index contributed by atoms with van der Waals surface area (Å²) in [4.78, 5) is 37.7. The third-order valence-corrected chi connectivity index (χ3v) is 5.57. The fraction of sp³-hybridized carbons (Fsp3) is 0.550. The molecule has 1 aromatic rings. The maximum absolute atomic E-state index is 12.2. The van der Waals surface area contributed by atoms with Crippen LogP contribution in [0.1, 0.15) is 32.1 Å². The van der Waals surface area contributed by atoms with Crippen molar-refractivity contribution in [2.24, 2.45) is 0 Å². The molecule has 7 nitrogen and oxygen atoms in total. The monoisotopic (exact) mass is 408 g/mol. The van der Waals surface area contributed by atoms with Crippen LogP contribution in [0.2, 0.25) is 0 Å². The molecule has 1 N–H and O–H groups in total. The first kappa shape index (κ1) is 22.1. The molecule has 0 aromatic heterocycles. The van der Waals surface area contributed by atoms with Crippen LogP contribution in [0, 0.1) is 0 Å². The second kappa shape index (κ2) is 11.6. The fourth-order valence-electron chi connectivity index (χ4n) is 3.08. The average Bonchev–Trinajstić information content (AvgIpc) is 2.72. The summed E-state index contributed by atoms with van der Waals surface area (Å²) in [6.45, 7) is -0.369. The maximum Gasteiger partial charge on any atom is 0.316 e. The van der Waals surface area contributed by atoms with Gasteiger partial charge in [0.05, 0.1) is 18.6 Å². The van der Waals surface area contributed by atoms with Crippen molar-refractivity contribution in [2.75, 3.05) is 37.6 Å². The summed E-state index contributed by atoms with van der Waals surface area (Å²) >= 11 is 1.21. The number of amides is 2. The molecule has 0 heterocycles. The van der Waals surface area contributed by atoms with E-state index >= 15 is 0 Å². The normalized spacial score (nSPS) is 14.2. The zero-order chi connectivity index (χ0) is 20.4. The second-order valence-corrected chi connectivity index (χ2v) is 7.72. The molecule has 1 saturated carbocycles. The van der Waals surface area contributed by atoms with Gasteiger partial charge in [0.2, 0.25) is 5.91 Å². The number of esters is 1. The molecule has 0 unspecified atom stereocenters. The molecule has 0 saturated heterocycles. The number of methoxy groups -OCH3 is 1. The van der Waals surface area contributed by atoms with Crippen molar-refractivity contribution in [2.45, 2.75) is 38.1 Å². The van der Waals surface area contributed by atoms with Gasteiger partial charge in [0, 0.05) is 24.8 Å². The summed E-state index contributed by atoms with van der Waals surface area (Å²) in [7, 11) is 3.37. The first-order valence-corrected chi connectivity index (χ1v) is 10.6. The fourth-order valence-corrected chi connectivity index (χ4v) is 3.81. The minimum atomic E-state index is -0.515. The van der Waals surface area contributed by atoms with Gasteiger partial charge in [-0.3, -0.25) is 14.4 Å². The summed E-state index contributed by atoms with van der Waals surface area (Å²) in [5, 5.41) is 2.63. The number of thioether (sulfide) groups is 1. The van der Waals surface area contributed by atoms with Crippen LogP contribution in [-0.4, -0.2) is 61.0 Å². The molecule has 1 fully saturated rings. The van der Waals surface area contributed by atoms with E-state index in [2.05, 4.69) is 5.32 Å². The number of hydrogen-bond donors (Lipinski definition) is 1. The standard InChI is InChI=1S/C20H28N2O5S/c1-22(16-8-4-3-5-9-16)19(24)13-28-14-20(25)27-12-18(23)21-15-7-6-10-17(11-15)26-2/h6-7,10-11,16H,3-5,8-9,12-14H2,1-2H3,(H,21,23). The first-order chi connectivity index (χ1) is 13.5. The van der Waals surface area contributed by atoms with E-state index in [1.165, 1.54) is 38.1 Å². The van der Waals surface area contributed by atoms with Crippen molar-refractivity contribution in [1.82, 2.24) is 4.90 Å². The van der Waals surface area contributed by atoms with E-state index in [1.54, 1.807) is 29.2 Å². The summed E-state index contributed by atoms with van der Waals surface area (Å²) in [6.07, 6.45) is 5.68. The van der Waals surface area contributed by atoms with E-state index in [1.807, 2.05) is 7.05 Å². The Balaban J connectivity index is 1.62. The van der Waals surface area contributed by atoms with Gasteiger partial charge in [0.25, 0.3) is 5.91 Å². The molecule has 0 spiro atoms. The van der Waals surface area contributed by atoms with Crippen LogP contribution in [0.15, 0.2) is 24.3 Å². The third kappa shape index (κ3) is 7.42. The summed E-state index contributed by atoms with van der Waals surface area (Å²) in [6, 6.07) is 7.21. The number of nitrogens with zero attached hydrogens (tertiary/aromatic N) is 1. The second-order valence-electron chi connectivity index (χ2n) is 6.73. The lowest BCUT2D eigenvalue weighted by molar-refractivity contribution is -0.144. The predicted molar refractivity (Wildman–Crippen MR) is 110 cm³/mol. The number of ether oxygens (including phenoxy) is 2. The van der Waals surface area contributed by atoms with Gasteiger partial charge in [-0.2, -0.15) is 0 Å². The van der Waals surface area contributed by atoms with Crippen LogP contribution in [-0.2, 0) is 19.1 Å². The number of hydrogen-bond acceptors (Lipinski definition) is 6. The van der Waals surface area contributed by atoms with Crippen molar-refractivity contribution >= 4 is 35.2 Å². The minimum absolute atomic E-state index is 0.0282. The van der Waals surface area contributed by atoms with E-state index in [9.17, 15) is 14.4 Å². The van der Waals surface area contributed by atoms with Crippen LogP contribution in [0.3, 0.4) is 0 Å². The van der Waals surface area contributed by atoms with Crippen molar-refractivity contribution in [3.05, 3.63) is 24.3 Å².